The highest BCUT2D eigenvalue weighted by molar-refractivity contribution is 6.30. The van der Waals surface area contributed by atoms with Crippen molar-refractivity contribution in [2.75, 3.05) is 19.7 Å². The Kier molecular flexibility index (Phi) is 5.64. The van der Waals surface area contributed by atoms with E-state index in [1.165, 1.54) is 12.1 Å². The lowest BCUT2D eigenvalue weighted by Gasteiger charge is -2.32. The molecule has 1 aliphatic heterocycles. The molecule has 1 amide bonds. The van der Waals surface area contributed by atoms with Crippen molar-refractivity contribution in [2.45, 2.75) is 12.5 Å². The summed E-state index contributed by atoms with van der Waals surface area (Å²) in [4.78, 5) is 22.4. The molecule has 2 aromatic carbocycles. The van der Waals surface area contributed by atoms with E-state index in [2.05, 4.69) is 9.97 Å². The van der Waals surface area contributed by atoms with Gasteiger partial charge in [0.25, 0.3) is 5.91 Å². The average Bonchev–Trinajstić information content (AvgIpc) is 3.22. The average molecular weight is 450 g/mol. The number of H-pyrrole nitrogens is 1. The van der Waals surface area contributed by atoms with E-state index in [4.69, 9.17) is 16.3 Å². The van der Waals surface area contributed by atoms with Gasteiger partial charge in [-0.2, -0.15) is 0 Å². The number of amides is 1. The van der Waals surface area contributed by atoms with Gasteiger partial charge in [-0.05, 0) is 60.0 Å². The van der Waals surface area contributed by atoms with E-state index in [9.17, 15) is 9.18 Å². The Morgan fingerprint density at radius 3 is 2.88 bits per heavy atom. The summed E-state index contributed by atoms with van der Waals surface area (Å²) in [5.41, 5.74) is 4.03. The molecule has 3 heterocycles. The van der Waals surface area contributed by atoms with E-state index in [0.29, 0.717) is 35.9 Å². The number of fused-ring (bicyclic) bond motifs is 1. The van der Waals surface area contributed by atoms with Crippen LogP contribution in [0.4, 0.5) is 4.39 Å². The Labute approximate surface area is 189 Å². The first-order chi connectivity index (χ1) is 15.5. The van der Waals surface area contributed by atoms with Gasteiger partial charge in [-0.1, -0.05) is 29.8 Å². The van der Waals surface area contributed by atoms with Gasteiger partial charge in [0.05, 0.1) is 18.8 Å². The summed E-state index contributed by atoms with van der Waals surface area (Å²) in [5, 5.41) is 1.52. The summed E-state index contributed by atoms with van der Waals surface area (Å²) in [7, 11) is 0. The number of ether oxygens (including phenoxy) is 1. The molecule has 7 heteroatoms. The van der Waals surface area contributed by atoms with Crippen LogP contribution in [0.1, 0.15) is 33.4 Å². The van der Waals surface area contributed by atoms with Crippen LogP contribution >= 0.6 is 11.6 Å². The molecule has 4 aromatic rings. The third-order valence-corrected chi connectivity index (χ3v) is 5.88. The number of carbonyl (C=O) groups is 1. The van der Waals surface area contributed by atoms with Crippen LogP contribution in [0.3, 0.4) is 0 Å². The first-order valence-corrected chi connectivity index (χ1v) is 10.8. The summed E-state index contributed by atoms with van der Waals surface area (Å²) < 4.78 is 19.4. The highest BCUT2D eigenvalue weighted by Crippen LogP contribution is 2.24. The molecular weight excluding hydrogens is 429 g/mol. The maximum absolute atomic E-state index is 13.5. The van der Waals surface area contributed by atoms with Gasteiger partial charge in [-0.25, -0.2) is 4.39 Å². The zero-order chi connectivity index (χ0) is 22.1. The van der Waals surface area contributed by atoms with Gasteiger partial charge in [0.2, 0.25) is 0 Å². The van der Waals surface area contributed by atoms with Crippen molar-refractivity contribution in [3.63, 3.8) is 0 Å². The molecular formula is C25H21ClFN3O2. The Morgan fingerprint density at radius 2 is 2.06 bits per heavy atom. The molecule has 1 N–H and O–H groups in total. The fourth-order valence-corrected chi connectivity index (χ4v) is 4.22. The van der Waals surface area contributed by atoms with Gasteiger partial charge in [-0.15, -0.1) is 0 Å². The van der Waals surface area contributed by atoms with E-state index in [0.717, 1.165) is 28.6 Å². The first kappa shape index (κ1) is 20.7. The summed E-state index contributed by atoms with van der Waals surface area (Å²) in [5.74, 6) is -0.470. The Hall–Kier alpha value is -3.22. The molecule has 0 aliphatic carbocycles. The lowest BCUT2D eigenvalue weighted by Crippen LogP contribution is -2.42. The minimum Gasteiger partial charge on any atom is -0.368 e. The zero-order valence-corrected chi connectivity index (χ0v) is 18.0. The molecule has 0 spiro atoms. The van der Waals surface area contributed by atoms with Crippen molar-refractivity contribution < 1.29 is 13.9 Å². The Bertz CT molecular complexity index is 1270. The molecule has 1 aliphatic rings. The highest BCUT2D eigenvalue weighted by atomic mass is 35.5. The van der Waals surface area contributed by atoms with E-state index < -0.39 is 0 Å². The monoisotopic (exact) mass is 449 g/mol. The number of pyridine rings is 1. The van der Waals surface area contributed by atoms with Gasteiger partial charge in [0.15, 0.2) is 0 Å². The predicted octanol–water partition coefficient (Wildman–Crippen LogP) is 5.16. The zero-order valence-electron chi connectivity index (χ0n) is 17.2. The molecule has 1 unspecified atom stereocenters. The maximum atomic E-state index is 13.5. The number of benzene rings is 2. The molecule has 0 radical (unpaired) electrons. The summed E-state index contributed by atoms with van der Waals surface area (Å²) >= 11 is 6.07. The largest absolute Gasteiger partial charge is 0.368 e. The molecule has 0 saturated carbocycles. The molecule has 32 heavy (non-hydrogen) atoms. The number of rotatable bonds is 4. The molecule has 5 rings (SSSR count). The Morgan fingerprint density at radius 1 is 1.16 bits per heavy atom. The fraction of sp³-hybridized carbons (Fsp3) is 0.200. The topological polar surface area (TPSA) is 58.2 Å². The van der Waals surface area contributed by atoms with E-state index in [1.807, 2.05) is 42.6 Å². The van der Waals surface area contributed by atoms with Crippen LogP contribution in [0.15, 0.2) is 66.9 Å². The summed E-state index contributed by atoms with van der Waals surface area (Å²) in [6, 6.07) is 17.9. The van der Waals surface area contributed by atoms with Crippen LogP contribution in [-0.2, 0) is 11.2 Å². The second kappa shape index (κ2) is 8.73. The van der Waals surface area contributed by atoms with Crippen molar-refractivity contribution in [1.82, 2.24) is 14.9 Å². The van der Waals surface area contributed by atoms with E-state index in [-0.39, 0.29) is 17.8 Å². The quantitative estimate of drug-likeness (QED) is 0.468. The molecule has 1 atom stereocenters. The Balaban J connectivity index is 1.28. The number of aromatic nitrogens is 2. The number of nitrogens with one attached hydrogen (secondary N) is 1. The lowest BCUT2D eigenvalue weighted by molar-refractivity contribution is -0.0249. The number of aromatic amines is 1. The van der Waals surface area contributed by atoms with Gasteiger partial charge in [0.1, 0.15) is 17.6 Å². The molecule has 2 aromatic heterocycles. The highest BCUT2D eigenvalue weighted by Gasteiger charge is 2.27. The number of nitrogens with zero attached hydrogens (tertiary/aromatic N) is 2. The van der Waals surface area contributed by atoms with Crippen LogP contribution < -0.4 is 0 Å². The SMILES string of the molecule is O=C(c1cc2ccc(F)cc2[nH]1)N1CCOC(c2ccc(Cc3cccc(Cl)c3)cn2)C1. The first-order valence-electron chi connectivity index (χ1n) is 10.4. The van der Waals surface area contributed by atoms with Crippen LogP contribution in [0.5, 0.6) is 0 Å². The number of morpholine rings is 1. The van der Waals surface area contributed by atoms with Crippen molar-refractivity contribution in [3.8, 4) is 0 Å². The van der Waals surface area contributed by atoms with Crippen LogP contribution in [0, 0.1) is 5.82 Å². The van der Waals surface area contributed by atoms with Gasteiger partial charge < -0.3 is 14.6 Å². The summed E-state index contributed by atoms with van der Waals surface area (Å²) in [6.07, 6.45) is 2.28. The van der Waals surface area contributed by atoms with Crippen molar-refractivity contribution in [2.24, 2.45) is 0 Å². The second-order valence-electron chi connectivity index (χ2n) is 7.92. The molecule has 1 saturated heterocycles. The van der Waals surface area contributed by atoms with Gasteiger partial charge in [-0.3, -0.25) is 9.78 Å². The molecule has 162 valence electrons. The third-order valence-electron chi connectivity index (χ3n) is 5.64. The lowest BCUT2D eigenvalue weighted by atomic mass is 10.1. The van der Waals surface area contributed by atoms with E-state index >= 15 is 0 Å². The number of hydrogen-bond acceptors (Lipinski definition) is 3. The van der Waals surface area contributed by atoms with Gasteiger partial charge >= 0.3 is 0 Å². The van der Waals surface area contributed by atoms with E-state index in [1.54, 1.807) is 17.0 Å². The third kappa shape index (κ3) is 4.38. The minimum absolute atomic E-state index is 0.132. The standard InChI is InChI=1S/C25H21ClFN3O2/c26-19-3-1-2-16(11-19)10-17-4-7-21(28-14-17)24-15-30(8-9-32-24)25(31)23-12-18-5-6-20(27)13-22(18)29-23/h1-7,11-14,24,29H,8-10,15H2. The number of halogens is 2. The molecule has 0 bridgehead atoms. The van der Waals surface area contributed by atoms with Crippen molar-refractivity contribution in [1.29, 1.82) is 0 Å². The number of hydrogen-bond donors (Lipinski definition) is 1. The van der Waals surface area contributed by atoms with Gasteiger partial charge in [0, 0.05) is 28.7 Å². The fourth-order valence-electron chi connectivity index (χ4n) is 4.01. The molecule has 5 nitrogen and oxygen atoms in total. The maximum Gasteiger partial charge on any atom is 0.270 e. The smallest absolute Gasteiger partial charge is 0.270 e. The minimum atomic E-state index is -0.338. The molecule has 1 fully saturated rings. The van der Waals surface area contributed by atoms with Crippen LogP contribution in [0.25, 0.3) is 10.9 Å². The van der Waals surface area contributed by atoms with Crippen LogP contribution in [-0.4, -0.2) is 40.5 Å². The van der Waals surface area contributed by atoms with Crippen molar-refractivity contribution in [3.05, 3.63) is 100 Å². The van der Waals surface area contributed by atoms with Crippen molar-refractivity contribution >= 4 is 28.4 Å². The van der Waals surface area contributed by atoms with Crippen LogP contribution in [0.2, 0.25) is 5.02 Å². The summed E-state index contributed by atoms with van der Waals surface area (Å²) in [6.45, 7) is 1.33. The number of carbonyl (C=O) groups excluding carboxylic acids is 1. The predicted molar refractivity (Wildman–Crippen MR) is 121 cm³/mol. The normalized spacial score (nSPS) is 16.4. The second-order valence-corrected chi connectivity index (χ2v) is 8.36.